The van der Waals surface area contributed by atoms with Crippen molar-refractivity contribution in [2.75, 3.05) is 26.8 Å². The number of carbonyl (C=O) groups excluding carboxylic acids is 1. The quantitative estimate of drug-likeness (QED) is 0.721. The Hall–Kier alpha value is -0.610. The van der Waals surface area contributed by atoms with Crippen molar-refractivity contribution in [3.8, 4) is 0 Å². The van der Waals surface area contributed by atoms with Gasteiger partial charge in [0.2, 0.25) is 0 Å². The van der Waals surface area contributed by atoms with Gasteiger partial charge in [0, 0.05) is 6.61 Å². The van der Waals surface area contributed by atoms with Crippen molar-refractivity contribution in [1.29, 1.82) is 0 Å². The molecule has 4 nitrogen and oxygen atoms in total. The van der Waals surface area contributed by atoms with Crippen LogP contribution in [0.1, 0.15) is 32.1 Å². The Morgan fingerprint density at radius 1 is 1.44 bits per heavy atom. The highest BCUT2D eigenvalue weighted by Crippen LogP contribution is 2.44. The summed E-state index contributed by atoms with van der Waals surface area (Å²) in [5.41, 5.74) is -0.279. The largest absolute Gasteiger partial charge is 0.468 e. The van der Waals surface area contributed by atoms with Crippen LogP contribution >= 0.6 is 0 Å². The average molecular weight is 227 g/mol. The number of nitrogens with zero attached hydrogens (tertiary/aromatic N) is 1. The first-order chi connectivity index (χ1) is 7.73. The van der Waals surface area contributed by atoms with Gasteiger partial charge in [-0.05, 0) is 51.1 Å². The molecule has 0 radical (unpaired) electrons. The maximum absolute atomic E-state index is 11.7. The van der Waals surface area contributed by atoms with Gasteiger partial charge in [-0.15, -0.1) is 0 Å². The summed E-state index contributed by atoms with van der Waals surface area (Å²) in [4.78, 5) is 14.0. The summed E-state index contributed by atoms with van der Waals surface area (Å²) >= 11 is 0. The molecule has 1 saturated heterocycles. The summed E-state index contributed by atoms with van der Waals surface area (Å²) in [6.07, 6.45) is 4.99. The zero-order valence-electron chi connectivity index (χ0n) is 9.95. The molecule has 1 N–H and O–H groups in total. The number of esters is 1. The minimum atomic E-state index is -0.279. The predicted molar refractivity (Wildman–Crippen MR) is 60.0 cm³/mol. The second-order valence-corrected chi connectivity index (χ2v) is 4.97. The molecule has 92 valence electrons. The number of methoxy groups -OCH3 is 1. The third kappa shape index (κ3) is 2.09. The van der Waals surface area contributed by atoms with Crippen LogP contribution in [0.25, 0.3) is 0 Å². The lowest BCUT2D eigenvalue weighted by Gasteiger charge is -2.36. The van der Waals surface area contributed by atoms with Gasteiger partial charge in [0.25, 0.3) is 0 Å². The molecular weight excluding hydrogens is 206 g/mol. The number of aliphatic hydroxyl groups is 1. The maximum Gasteiger partial charge on any atom is 0.326 e. The average Bonchev–Trinajstić information content (AvgIpc) is 3.11. The van der Waals surface area contributed by atoms with Gasteiger partial charge in [-0.3, -0.25) is 9.69 Å². The molecule has 1 aliphatic heterocycles. The summed E-state index contributed by atoms with van der Waals surface area (Å²) in [6.45, 7) is 2.23. The number of ether oxygens (including phenoxy) is 1. The second-order valence-electron chi connectivity index (χ2n) is 4.97. The standard InChI is InChI=1S/C12H21NO3/c1-16-11(15)12(5-6-12)13-7-2-10(3-8-13)4-9-14/h10,14H,2-9H2,1H3. The third-order valence-electron chi connectivity index (χ3n) is 4.05. The predicted octanol–water partition coefficient (Wildman–Crippen LogP) is 0.786. The molecule has 0 atom stereocenters. The first kappa shape index (κ1) is 11.9. The highest BCUT2D eigenvalue weighted by molar-refractivity contribution is 5.84. The van der Waals surface area contributed by atoms with Gasteiger partial charge in [0.1, 0.15) is 5.54 Å². The molecule has 1 aliphatic carbocycles. The smallest absolute Gasteiger partial charge is 0.326 e. The topological polar surface area (TPSA) is 49.8 Å². The van der Waals surface area contributed by atoms with E-state index in [1.165, 1.54) is 7.11 Å². The highest BCUT2D eigenvalue weighted by Gasteiger charge is 2.55. The number of rotatable bonds is 4. The fourth-order valence-electron chi connectivity index (χ4n) is 2.79. The molecule has 4 heteroatoms. The third-order valence-corrected chi connectivity index (χ3v) is 4.05. The molecule has 0 bridgehead atoms. The molecule has 1 saturated carbocycles. The Balaban J connectivity index is 1.87. The molecule has 0 spiro atoms. The first-order valence-corrected chi connectivity index (χ1v) is 6.17. The van der Waals surface area contributed by atoms with E-state index < -0.39 is 0 Å². The zero-order chi connectivity index (χ0) is 11.6. The number of carbonyl (C=O) groups is 1. The van der Waals surface area contributed by atoms with E-state index in [-0.39, 0.29) is 18.1 Å². The monoisotopic (exact) mass is 227 g/mol. The van der Waals surface area contributed by atoms with Crippen LogP contribution in [0.4, 0.5) is 0 Å². The van der Waals surface area contributed by atoms with Crippen LogP contribution in [0.15, 0.2) is 0 Å². The Bertz CT molecular complexity index is 255. The van der Waals surface area contributed by atoms with E-state index in [1.807, 2.05) is 0 Å². The minimum absolute atomic E-state index is 0.0619. The van der Waals surface area contributed by atoms with Gasteiger partial charge in [0.05, 0.1) is 7.11 Å². The summed E-state index contributed by atoms with van der Waals surface area (Å²) in [5, 5.41) is 8.90. The molecule has 0 aromatic heterocycles. The fraction of sp³-hybridized carbons (Fsp3) is 0.917. The van der Waals surface area contributed by atoms with Crippen molar-refractivity contribution >= 4 is 5.97 Å². The van der Waals surface area contributed by atoms with Gasteiger partial charge in [0.15, 0.2) is 0 Å². The SMILES string of the molecule is COC(=O)C1(N2CCC(CCO)CC2)CC1. The van der Waals surface area contributed by atoms with Gasteiger partial charge >= 0.3 is 5.97 Å². The van der Waals surface area contributed by atoms with E-state index in [2.05, 4.69) is 4.90 Å². The van der Waals surface area contributed by atoms with Crippen LogP contribution in [-0.4, -0.2) is 48.3 Å². The van der Waals surface area contributed by atoms with Crippen molar-refractivity contribution < 1.29 is 14.6 Å². The van der Waals surface area contributed by atoms with Crippen LogP contribution in [-0.2, 0) is 9.53 Å². The van der Waals surface area contributed by atoms with E-state index in [0.29, 0.717) is 5.92 Å². The van der Waals surface area contributed by atoms with Crippen molar-refractivity contribution in [2.45, 2.75) is 37.6 Å². The van der Waals surface area contributed by atoms with Crippen molar-refractivity contribution in [2.24, 2.45) is 5.92 Å². The van der Waals surface area contributed by atoms with E-state index in [0.717, 1.165) is 45.2 Å². The molecule has 1 heterocycles. The van der Waals surface area contributed by atoms with Gasteiger partial charge in [-0.25, -0.2) is 0 Å². The van der Waals surface area contributed by atoms with Gasteiger partial charge < -0.3 is 9.84 Å². The molecule has 0 aromatic rings. The lowest BCUT2D eigenvalue weighted by molar-refractivity contribution is -0.149. The summed E-state index contributed by atoms with van der Waals surface area (Å²) in [7, 11) is 1.47. The van der Waals surface area contributed by atoms with Crippen molar-refractivity contribution in [1.82, 2.24) is 4.90 Å². The first-order valence-electron chi connectivity index (χ1n) is 6.17. The maximum atomic E-state index is 11.7. The Labute approximate surface area is 96.6 Å². The van der Waals surface area contributed by atoms with E-state index in [1.54, 1.807) is 0 Å². The summed E-state index contributed by atoms with van der Waals surface area (Å²) < 4.78 is 4.88. The zero-order valence-corrected chi connectivity index (χ0v) is 9.95. The Morgan fingerprint density at radius 3 is 2.50 bits per heavy atom. The van der Waals surface area contributed by atoms with E-state index in [9.17, 15) is 4.79 Å². The van der Waals surface area contributed by atoms with E-state index in [4.69, 9.17) is 9.84 Å². The minimum Gasteiger partial charge on any atom is -0.468 e. The molecule has 0 unspecified atom stereocenters. The normalized spacial score (nSPS) is 25.4. The van der Waals surface area contributed by atoms with Crippen molar-refractivity contribution in [3.63, 3.8) is 0 Å². The molecule has 0 amide bonds. The van der Waals surface area contributed by atoms with Crippen LogP contribution in [0, 0.1) is 5.92 Å². The highest BCUT2D eigenvalue weighted by atomic mass is 16.5. The molecule has 2 fully saturated rings. The number of likely N-dealkylation sites (tertiary alicyclic amines) is 1. The van der Waals surface area contributed by atoms with Crippen LogP contribution in [0.5, 0.6) is 0 Å². The number of hydrogen-bond acceptors (Lipinski definition) is 4. The van der Waals surface area contributed by atoms with E-state index >= 15 is 0 Å². The molecule has 16 heavy (non-hydrogen) atoms. The Morgan fingerprint density at radius 2 is 2.06 bits per heavy atom. The summed E-state index contributed by atoms with van der Waals surface area (Å²) in [5.74, 6) is 0.572. The Kier molecular flexibility index (Phi) is 3.50. The molecule has 2 rings (SSSR count). The lowest BCUT2D eigenvalue weighted by atomic mass is 9.92. The van der Waals surface area contributed by atoms with Crippen molar-refractivity contribution in [3.05, 3.63) is 0 Å². The van der Waals surface area contributed by atoms with Crippen LogP contribution in [0.3, 0.4) is 0 Å². The van der Waals surface area contributed by atoms with Crippen LogP contribution in [0.2, 0.25) is 0 Å². The molecular formula is C12H21NO3. The van der Waals surface area contributed by atoms with Crippen LogP contribution < -0.4 is 0 Å². The lowest BCUT2D eigenvalue weighted by Crippen LogP contribution is -2.48. The fourth-order valence-corrected chi connectivity index (χ4v) is 2.79. The number of hydrogen-bond donors (Lipinski definition) is 1. The number of piperidine rings is 1. The second kappa shape index (κ2) is 4.72. The van der Waals surface area contributed by atoms with Gasteiger partial charge in [-0.1, -0.05) is 0 Å². The number of aliphatic hydroxyl groups excluding tert-OH is 1. The molecule has 2 aliphatic rings. The van der Waals surface area contributed by atoms with Gasteiger partial charge in [-0.2, -0.15) is 0 Å². The summed E-state index contributed by atoms with van der Waals surface area (Å²) in [6, 6.07) is 0. The molecule has 0 aromatic carbocycles.